The molecular formula is C46H49N7O12S2. The quantitative estimate of drug-likeness (QED) is 0.0443. The number of sulfone groups is 2. The lowest BCUT2D eigenvalue weighted by Crippen LogP contribution is -2.49. The molecule has 0 aliphatic heterocycles. The third-order valence-electron chi connectivity index (χ3n) is 10.9. The van der Waals surface area contributed by atoms with Gasteiger partial charge in [-0.25, -0.2) is 27.8 Å². The van der Waals surface area contributed by atoms with E-state index in [0.29, 0.717) is 11.4 Å². The number of aliphatic hydroxyl groups is 2. The number of hydrogen-bond acceptors (Lipinski definition) is 14. The maximum Gasteiger partial charge on any atom is 0.264 e. The normalized spacial score (nSPS) is 13.0. The molecule has 6 rings (SSSR count). The zero-order valence-corrected chi connectivity index (χ0v) is 38.5. The lowest BCUT2D eigenvalue weighted by atomic mass is 10.1. The first-order valence-corrected chi connectivity index (χ1v) is 24.1. The van der Waals surface area contributed by atoms with Gasteiger partial charge in [-0.3, -0.25) is 34.2 Å². The number of aliphatic hydroxyl groups excluding tert-OH is 2. The number of benzene rings is 4. The lowest BCUT2D eigenvalue weighted by Gasteiger charge is -2.25. The van der Waals surface area contributed by atoms with Crippen LogP contribution >= 0.6 is 0 Å². The monoisotopic (exact) mass is 955 g/mol. The van der Waals surface area contributed by atoms with Gasteiger partial charge < -0.3 is 20.3 Å². The largest absolute Gasteiger partial charge is 0.491 e. The summed E-state index contributed by atoms with van der Waals surface area (Å²) in [5.41, 5.74) is 8.02. The van der Waals surface area contributed by atoms with E-state index in [4.69, 9.17) is 25.4 Å². The molecule has 352 valence electrons. The van der Waals surface area contributed by atoms with Crippen molar-refractivity contribution in [1.29, 1.82) is 0 Å². The highest BCUT2D eigenvalue weighted by molar-refractivity contribution is 7.93. The average Bonchev–Trinajstić information content (AvgIpc) is 3.93. The molecule has 0 spiro atoms. The molecule has 19 nitrogen and oxygen atoms in total. The van der Waals surface area contributed by atoms with Gasteiger partial charge in [-0.15, -0.1) is 0 Å². The number of hydroxylamine groups is 2. The number of carbonyl (C=O) groups excluding carboxylic acids is 3. The summed E-state index contributed by atoms with van der Waals surface area (Å²) in [5, 5.41) is 48.2. The number of hydrogen-bond donors (Lipinski definition) is 7. The smallest absolute Gasteiger partial charge is 0.264 e. The highest BCUT2D eigenvalue weighted by atomic mass is 32.2. The van der Waals surface area contributed by atoms with Crippen molar-refractivity contribution in [3.05, 3.63) is 120 Å². The Bertz CT molecular complexity index is 3110. The number of amides is 3. The van der Waals surface area contributed by atoms with E-state index in [2.05, 4.69) is 39.2 Å². The van der Waals surface area contributed by atoms with Gasteiger partial charge in [0.15, 0.2) is 29.2 Å². The van der Waals surface area contributed by atoms with Crippen molar-refractivity contribution in [3.63, 3.8) is 0 Å². The molecule has 7 N–H and O–H groups in total. The Balaban J connectivity index is 0.000000251. The summed E-state index contributed by atoms with van der Waals surface area (Å²) in [7, 11) is -7.58. The van der Waals surface area contributed by atoms with Gasteiger partial charge >= 0.3 is 0 Å². The molecule has 0 radical (unpaired) electrons. The number of aromatic nitrogens is 4. The van der Waals surface area contributed by atoms with E-state index in [1.165, 1.54) is 24.8 Å². The van der Waals surface area contributed by atoms with Gasteiger partial charge in [-0.2, -0.15) is 10.2 Å². The summed E-state index contributed by atoms with van der Waals surface area (Å²) >= 11 is 0. The maximum absolute atomic E-state index is 12.1. The Morgan fingerprint density at radius 1 is 0.642 bits per heavy atom. The van der Waals surface area contributed by atoms with Gasteiger partial charge in [0, 0.05) is 64.3 Å². The fourth-order valence-corrected chi connectivity index (χ4v) is 8.11. The van der Waals surface area contributed by atoms with E-state index in [-0.39, 0.29) is 39.1 Å². The Hall–Kier alpha value is -7.11. The molecule has 0 saturated carbocycles. The van der Waals surface area contributed by atoms with E-state index in [1.807, 2.05) is 42.5 Å². The molecule has 2 atom stereocenters. The third-order valence-corrected chi connectivity index (χ3v) is 15.0. The fourth-order valence-electron chi connectivity index (χ4n) is 6.42. The van der Waals surface area contributed by atoms with Crippen LogP contribution < -0.4 is 21.0 Å². The molecule has 67 heavy (non-hydrogen) atoms. The molecule has 6 aromatic rings. The van der Waals surface area contributed by atoms with Crippen molar-refractivity contribution in [3.8, 4) is 29.4 Å². The molecule has 0 saturated heterocycles. The Labute approximate surface area is 386 Å². The highest BCUT2D eigenvalue weighted by Gasteiger charge is 2.44. The number of fused-ring (bicyclic) bond motifs is 2. The Morgan fingerprint density at radius 2 is 1.04 bits per heavy atom. The number of anilines is 1. The first-order chi connectivity index (χ1) is 31.7. The second-order valence-corrected chi connectivity index (χ2v) is 20.4. The van der Waals surface area contributed by atoms with Crippen molar-refractivity contribution in [2.24, 2.45) is 0 Å². The van der Waals surface area contributed by atoms with Crippen molar-refractivity contribution in [2.45, 2.75) is 49.3 Å². The van der Waals surface area contributed by atoms with Crippen LogP contribution in [0, 0.1) is 23.7 Å². The second-order valence-electron chi connectivity index (χ2n) is 15.6. The van der Waals surface area contributed by atoms with Crippen LogP contribution in [0.5, 0.6) is 5.75 Å². The van der Waals surface area contributed by atoms with Crippen LogP contribution in [0.15, 0.2) is 97.3 Å². The minimum atomic E-state index is -3.80. The SMILES string of the molecule is C[C@@](CCn1ncc2cc(C#Cc3ccc(NC(=O)CO)cc3)ccc21)(C(=O)NO)S(C)(=O)=O.C[C@@](CCn1ncc2cc(C#Cc3ccc(OCCO)cc3)ccc21)(C(=O)NO)S(C)(=O)=O. The number of carbonyl (C=O) groups is 3. The number of rotatable bonds is 15. The zero-order valence-electron chi connectivity index (χ0n) is 36.8. The minimum absolute atomic E-state index is 0.0460. The highest BCUT2D eigenvalue weighted by Crippen LogP contribution is 2.26. The first kappa shape index (κ1) is 50.9. The van der Waals surface area contributed by atoms with Gasteiger partial charge in [-0.05, 0) is 112 Å². The van der Waals surface area contributed by atoms with E-state index in [0.717, 1.165) is 56.6 Å². The summed E-state index contributed by atoms with van der Waals surface area (Å²) < 4.78 is 53.5. The van der Waals surface area contributed by atoms with Crippen LogP contribution in [0.25, 0.3) is 21.8 Å². The van der Waals surface area contributed by atoms with E-state index in [1.54, 1.807) is 64.2 Å². The Kier molecular flexibility index (Phi) is 16.6. The second kappa shape index (κ2) is 21.9. The topological polar surface area (TPSA) is 281 Å². The molecule has 0 aliphatic carbocycles. The van der Waals surface area contributed by atoms with Gasteiger partial charge in [0.05, 0.1) is 30.0 Å². The van der Waals surface area contributed by atoms with Crippen LogP contribution in [0.2, 0.25) is 0 Å². The predicted octanol–water partition coefficient (Wildman–Crippen LogP) is 2.57. The van der Waals surface area contributed by atoms with Crippen LogP contribution in [-0.4, -0.2) is 117 Å². The molecule has 0 bridgehead atoms. The van der Waals surface area contributed by atoms with Gasteiger partial charge in [-0.1, -0.05) is 23.7 Å². The van der Waals surface area contributed by atoms with Crippen LogP contribution in [0.1, 0.15) is 48.9 Å². The molecule has 0 fully saturated rings. The van der Waals surface area contributed by atoms with Crippen LogP contribution in [-0.2, 0) is 47.1 Å². The molecule has 2 heterocycles. The molecule has 21 heteroatoms. The fraction of sp³-hybridized carbons (Fsp3) is 0.283. The minimum Gasteiger partial charge on any atom is -0.491 e. The molecular weight excluding hydrogens is 907 g/mol. The van der Waals surface area contributed by atoms with Crippen LogP contribution in [0.4, 0.5) is 5.69 Å². The van der Waals surface area contributed by atoms with Crippen molar-refractivity contribution in [1.82, 2.24) is 30.5 Å². The number of nitrogens with zero attached hydrogens (tertiary/aromatic N) is 4. The van der Waals surface area contributed by atoms with Gasteiger partial charge in [0.2, 0.25) is 5.91 Å². The van der Waals surface area contributed by atoms with E-state index in [9.17, 15) is 31.2 Å². The third kappa shape index (κ3) is 12.6. The van der Waals surface area contributed by atoms with E-state index < -0.39 is 53.5 Å². The molecule has 0 aliphatic rings. The summed E-state index contributed by atoms with van der Waals surface area (Å²) in [6, 6.07) is 25.1. The summed E-state index contributed by atoms with van der Waals surface area (Å²) in [4.78, 5) is 35.2. The first-order valence-electron chi connectivity index (χ1n) is 20.3. The number of ether oxygens (including phenoxy) is 1. The van der Waals surface area contributed by atoms with Crippen LogP contribution in [0.3, 0.4) is 0 Å². The average molecular weight is 956 g/mol. The van der Waals surface area contributed by atoms with Crippen molar-refractivity contribution < 1.29 is 56.6 Å². The zero-order chi connectivity index (χ0) is 49.0. The van der Waals surface area contributed by atoms with Gasteiger partial charge in [0.25, 0.3) is 11.8 Å². The Morgan fingerprint density at radius 3 is 1.43 bits per heavy atom. The van der Waals surface area contributed by atoms with E-state index >= 15 is 0 Å². The standard InChI is InChI=1S/C23H24N4O6S.C23H25N3O6S/c1-23(22(30)26-31,34(2,32)33)11-12-27-20-10-7-17(13-18(20)14-24-27)4-3-16-5-8-19(9-6-16)25-21(29)15-28;1-23(22(28)25-29,33(2,30)31)11-12-26-21-10-7-18(15-19(21)16-24-26)4-3-17-5-8-20(9-6-17)32-14-13-27/h5-10,13-14,28,31H,11-12,15H2,1-2H3,(H,25,29)(H,26,30);5-10,15-16,27,29H,11-14H2,1-2H3,(H,25,28)/t2*23-/m11/s1. The number of nitrogens with one attached hydrogen (secondary N) is 3. The lowest BCUT2D eigenvalue weighted by molar-refractivity contribution is -0.132. The van der Waals surface area contributed by atoms with Gasteiger partial charge in [0.1, 0.15) is 19.0 Å². The molecule has 4 aromatic carbocycles. The summed E-state index contributed by atoms with van der Waals surface area (Å²) in [6.07, 6.45) is 5.05. The van der Waals surface area contributed by atoms with Crippen molar-refractivity contribution >= 4 is 64.9 Å². The summed E-state index contributed by atoms with van der Waals surface area (Å²) in [6.45, 7) is 2.45. The maximum atomic E-state index is 12.1. The van der Waals surface area contributed by atoms with Crippen molar-refractivity contribution in [2.75, 3.05) is 37.6 Å². The molecule has 3 amide bonds. The molecule has 2 aromatic heterocycles. The molecule has 0 unspecified atom stereocenters. The number of aryl methyl sites for hydroxylation is 2. The summed E-state index contributed by atoms with van der Waals surface area (Å²) in [5.74, 6) is 10.5. The predicted molar refractivity (Wildman–Crippen MR) is 248 cm³/mol.